The van der Waals surface area contributed by atoms with Crippen LogP contribution in [0.3, 0.4) is 0 Å². The van der Waals surface area contributed by atoms with Crippen molar-refractivity contribution < 1.29 is 14.8 Å². The monoisotopic (exact) mass is 551 g/mol. The number of halogens is 1. The normalized spacial score (nSPS) is 15.9. The fourth-order valence-electron chi connectivity index (χ4n) is 3.54. The van der Waals surface area contributed by atoms with Crippen molar-refractivity contribution in [1.29, 1.82) is 0 Å². The molecule has 9 heteroatoms. The van der Waals surface area contributed by atoms with E-state index in [1.807, 2.05) is 48.5 Å². The van der Waals surface area contributed by atoms with E-state index in [0.717, 1.165) is 30.2 Å². The number of thioether (sulfide) groups is 1. The van der Waals surface area contributed by atoms with Crippen LogP contribution in [-0.4, -0.2) is 21.1 Å². The molecule has 1 heterocycles. The van der Waals surface area contributed by atoms with Gasteiger partial charge in [-0.05, 0) is 82.0 Å². The van der Waals surface area contributed by atoms with E-state index >= 15 is 0 Å². The highest BCUT2D eigenvalue weighted by atomic mass is 79.9. The standard InChI is InChI=1S/C26H22BrN3O4S/c1-3-16-5-9-19(10-6-16)28-26-29(20-11-7-17(4-2)8-12-20)25(32)23(35-26)14-18-13-21(30(33)34)15-22(27)24(18)31/h5-15,31H,3-4H2,1-2H3/b23-14-,28-26?. The van der Waals surface area contributed by atoms with Crippen LogP contribution in [0.4, 0.5) is 17.1 Å². The number of carbonyl (C=O) groups excluding carboxylic acids is 1. The first-order valence-corrected chi connectivity index (χ1v) is 12.6. The van der Waals surface area contributed by atoms with Gasteiger partial charge in [0.25, 0.3) is 11.6 Å². The van der Waals surface area contributed by atoms with Crippen LogP contribution in [-0.2, 0) is 17.6 Å². The molecule has 0 radical (unpaired) electrons. The fraction of sp³-hybridized carbons (Fsp3) is 0.154. The van der Waals surface area contributed by atoms with E-state index in [4.69, 9.17) is 4.99 Å². The molecule has 0 atom stereocenters. The number of nitro benzene ring substituents is 1. The smallest absolute Gasteiger partial charge is 0.271 e. The van der Waals surface area contributed by atoms with Crippen molar-refractivity contribution in [2.75, 3.05) is 4.90 Å². The highest BCUT2D eigenvalue weighted by Crippen LogP contribution is 2.40. The number of nitrogens with zero attached hydrogens (tertiary/aromatic N) is 3. The predicted octanol–water partition coefficient (Wildman–Crippen LogP) is 7.00. The Morgan fingerprint density at radius 1 is 1.06 bits per heavy atom. The molecule has 3 aromatic carbocycles. The molecule has 1 aliphatic heterocycles. The van der Waals surface area contributed by atoms with E-state index in [1.54, 1.807) is 0 Å². The number of amides is 1. The molecule has 1 N–H and O–H groups in total. The molecular formula is C26H22BrN3O4S. The highest BCUT2D eigenvalue weighted by molar-refractivity contribution is 9.10. The Bertz CT molecular complexity index is 1350. The second-order valence-corrected chi connectivity index (χ2v) is 9.67. The lowest BCUT2D eigenvalue weighted by Gasteiger charge is -2.16. The van der Waals surface area contributed by atoms with Gasteiger partial charge in [0.2, 0.25) is 0 Å². The van der Waals surface area contributed by atoms with Gasteiger partial charge in [-0.15, -0.1) is 0 Å². The van der Waals surface area contributed by atoms with Crippen molar-refractivity contribution in [3.63, 3.8) is 0 Å². The van der Waals surface area contributed by atoms with Gasteiger partial charge in [0.1, 0.15) is 5.75 Å². The highest BCUT2D eigenvalue weighted by Gasteiger charge is 2.35. The summed E-state index contributed by atoms with van der Waals surface area (Å²) in [6.07, 6.45) is 3.24. The number of aromatic hydroxyl groups is 1. The lowest BCUT2D eigenvalue weighted by Crippen LogP contribution is -2.28. The van der Waals surface area contributed by atoms with Crippen molar-refractivity contribution >= 4 is 61.9 Å². The van der Waals surface area contributed by atoms with Gasteiger partial charge in [-0.1, -0.05) is 38.1 Å². The van der Waals surface area contributed by atoms with Gasteiger partial charge in [-0.25, -0.2) is 4.99 Å². The zero-order valence-electron chi connectivity index (χ0n) is 19.1. The second kappa shape index (κ2) is 10.5. The van der Waals surface area contributed by atoms with Crippen LogP contribution in [0.2, 0.25) is 0 Å². The quantitative estimate of drug-likeness (QED) is 0.202. The number of hydrogen-bond acceptors (Lipinski definition) is 6. The zero-order valence-corrected chi connectivity index (χ0v) is 21.5. The number of phenolic OH excluding ortho intramolecular Hbond substituents is 1. The minimum atomic E-state index is -0.551. The third kappa shape index (κ3) is 5.31. The first-order chi connectivity index (χ1) is 16.8. The maximum absolute atomic E-state index is 13.5. The van der Waals surface area contributed by atoms with Crippen LogP contribution in [0, 0.1) is 10.1 Å². The van der Waals surface area contributed by atoms with Gasteiger partial charge in [0.15, 0.2) is 5.17 Å². The molecule has 1 amide bonds. The van der Waals surface area contributed by atoms with Gasteiger partial charge in [-0.2, -0.15) is 0 Å². The van der Waals surface area contributed by atoms with E-state index < -0.39 is 4.92 Å². The first kappa shape index (κ1) is 24.7. The molecule has 3 aromatic rings. The van der Waals surface area contributed by atoms with Crippen LogP contribution in [0.5, 0.6) is 5.75 Å². The molecule has 0 saturated carbocycles. The van der Waals surface area contributed by atoms with Gasteiger partial charge in [0.05, 0.1) is 25.7 Å². The average molecular weight is 552 g/mol. The van der Waals surface area contributed by atoms with E-state index in [-0.39, 0.29) is 32.3 Å². The molecular weight excluding hydrogens is 530 g/mol. The number of phenols is 1. The zero-order chi connectivity index (χ0) is 25.1. The molecule has 0 aromatic heterocycles. The summed E-state index contributed by atoms with van der Waals surface area (Å²) in [4.78, 5) is 30.8. The molecule has 4 rings (SSSR count). The SMILES string of the molecule is CCc1ccc(N=C2S/C(=C\c3cc([N+](=O)[O-])cc(Br)c3O)C(=O)N2c2ccc(CC)cc2)cc1. The number of amidine groups is 1. The first-order valence-electron chi connectivity index (χ1n) is 11.0. The molecule has 1 aliphatic rings. The van der Waals surface area contributed by atoms with Gasteiger partial charge in [-0.3, -0.25) is 19.8 Å². The third-order valence-corrected chi connectivity index (χ3v) is 7.13. The second-order valence-electron chi connectivity index (χ2n) is 7.81. The van der Waals surface area contributed by atoms with Crippen molar-refractivity contribution in [1.82, 2.24) is 0 Å². The Kier molecular flexibility index (Phi) is 7.37. The molecule has 1 saturated heterocycles. The van der Waals surface area contributed by atoms with Crippen molar-refractivity contribution in [3.8, 4) is 5.75 Å². The summed E-state index contributed by atoms with van der Waals surface area (Å²) in [6.45, 7) is 4.13. The largest absolute Gasteiger partial charge is 0.506 e. The van der Waals surface area contributed by atoms with Gasteiger partial charge in [0, 0.05) is 17.7 Å². The maximum atomic E-state index is 13.5. The average Bonchev–Trinajstić information content (AvgIpc) is 3.16. The van der Waals surface area contributed by atoms with E-state index in [2.05, 4.69) is 29.8 Å². The van der Waals surface area contributed by atoms with Gasteiger partial charge < -0.3 is 5.11 Å². The number of hydrogen-bond donors (Lipinski definition) is 1. The predicted molar refractivity (Wildman–Crippen MR) is 144 cm³/mol. The van der Waals surface area contributed by atoms with Gasteiger partial charge >= 0.3 is 0 Å². The van der Waals surface area contributed by atoms with E-state index in [0.29, 0.717) is 16.5 Å². The number of benzene rings is 3. The minimum absolute atomic E-state index is 0.164. The number of carbonyl (C=O) groups is 1. The number of anilines is 1. The van der Waals surface area contributed by atoms with Crippen LogP contribution in [0.1, 0.15) is 30.5 Å². The molecule has 178 valence electrons. The van der Waals surface area contributed by atoms with Crippen LogP contribution < -0.4 is 4.90 Å². The Balaban J connectivity index is 1.80. The van der Waals surface area contributed by atoms with Crippen LogP contribution >= 0.6 is 27.7 Å². The topological polar surface area (TPSA) is 96.0 Å². The Morgan fingerprint density at radius 2 is 1.66 bits per heavy atom. The Labute approximate surface area is 215 Å². The maximum Gasteiger partial charge on any atom is 0.271 e. The molecule has 1 fully saturated rings. The van der Waals surface area contributed by atoms with Crippen molar-refractivity contribution in [3.05, 3.63) is 96.8 Å². The number of non-ortho nitro benzene ring substituents is 1. The summed E-state index contributed by atoms with van der Waals surface area (Å²) in [5.41, 5.74) is 3.66. The molecule has 0 spiro atoms. The Morgan fingerprint density at radius 3 is 2.23 bits per heavy atom. The molecule has 0 unspecified atom stereocenters. The summed E-state index contributed by atoms with van der Waals surface area (Å²) < 4.78 is 0.172. The summed E-state index contributed by atoms with van der Waals surface area (Å²) in [5, 5.41) is 22.2. The molecule has 7 nitrogen and oxygen atoms in total. The molecule has 35 heavy (non-hydrogen) atoms. The summed E-state index contributed by atoms with van der Waals surface area (Å²) in [7, 11) is 0. The fourth-order valence-corrected chi connectivity index (χ4v) is 4.99. The van der Waals surface area contributed by atoms with Crippen LogP contribution in [0.15, 0.2) is 75.0 Å². The number of rotatable bonds is 6. The summed E-state index contributed by atoms with van der Waals surface area (Å²) in [5.74, 6) is -0.513. The number of aliphatic imine (C=N–C) groups is 1. The minimum Gasteiger partial charge on any atom is -0.506 e. The number of nitro groups is 1. The van der Waals surface area contributed by atoms with E-state index in [9.17, 15) is 20.0 Å². The van der Waals surface area contributed by atoms with Crippen LogP contribution in [0.25, 0.3) is 6.08 Å². The van der Waals surface area contributed by atoms with E-state index in [1.165, 1.54) is 28.7 Å². The Hall–Kier alpha value is -3.43. The van der Waals surface area contributed by atoms with Crippen molar-refractivity contribution in [2.24, 2.45) is 4.99 Å². The number of aryl methyl sites for hydroxylation is 2. The molecule has 0 bridgehead atoms. The molecule has 0 aliphatic carbocycles. The summed E-state index contributed by atoms with van der Waals surface area (Å²) in [6, 6.07) is 17.9. The van der Waals surface area contributed by atoms with Crippen molar-refractivity contribution in [2.45, 2.75) is 26.7 Å². The lowest BCUT2D eigenvalue weighted by molar-refractivity contribution is -0.385. The third-order valence-electron chi connectivity index (χ3n) is 5.55. The lowest BCUT2D eigenvalue weighted by atomic mass is 10.1. The summed E-state index contributed by atoms with van der Waals surface area (Å²) >= 11 is 4.30.